The number of benzene rings is 2. The molecule has 1 amide bonds. The minimum Gasteiger partial charge on any atom is -0.480 e. The zero-order chi connectivity index (χ0) is 20.1. The number of thiazole rings is 1. The second kappa shape index (κ2) is 8.95. The summed E-state index contributed by atoms with van der Waals surface area (Å²) in [6.45, 7) is 4.56. The van der Waals surface area contributed by atoms with E-state index in [1.165, 1.54) is 5.56 Å². The largest absolute Gasteiger partial charge is 0.480 e. The van der Waals surface area contributed by atoms with Crippen LogP contribution in [0.5, 0.6) is 0 Å². The summed E-state index contributed by atoms with van der Waals surface area (Å²) >= 11 is 1.63. The van der Waals surface area contributed by atoms with Gasteiger partial charge in [0, 0.05) is 11.3 Å². The van der Waals surface area contributed by atoms with Crippen LogP contribution in [0.25, 0.3) is 20.8 Å². The number of aliphatic carboxylic acids is 1. The van der Waals surface area contributed by atoms with Crippen LogP contribution in [0, 0.1) is 6.92 Å². The Labute approximate surface area is 167 Å². The Hall–Kier alpha value is -2.77. The summed E-state index contributed by atoms with van der Waals surface area (Å²) in [4.78, 5) is 28.1. The molecule has 3 N–H and O–H groups in total. The third kappa shape index (κ3) is 4.94. The predicted octanol–water partition coefficient (Wildman–Crippen LogP) is 4.05. The molecule has 0 fully saturated rings. The molecule has 7 heteroatoms. The van der Waals surface area contributed by atoms with Gasteiger partial charge in [0.15, 0.2) is 0 Å². The lowest BCUT2D eigenvalue weighted by molar-refractivity contribution is -0.141. The fourth-order valence-electron chi connectivity index (χ4n) is 2.81. The minimum atomic E-state index is -1.02. The summed E-state index contributed by atoms with van der Waals surface area (Å²) in [6.07, 6.45) is 0.687. The molecule has 1 heterocycles. The average molecular weight is 398 g/mol. The standard InChI is InChI=1S/C21H23N3O3S/c1-3-10-22-17(21(26)27)12-19(25)23-15-7-5-14(6-8-15)20-24-16-9-4-13(2)11-18(16)28-20/h4-9,11,17,22H,3,10,12H2,1-2H3,(H,23,25)(H,26,27). The van der Waals surface area contributed by atoms with Gasteiger partial charge in [-0.25, -0.2) is 4.98 Å². The molecule has 0 aliphatic heterocycles. The van der Waals surface area contributed by atoms with E-state index in [1.807, 2.05) is 31.2 Å². The molecule has 1 aromatic heterocycles. The molecule has 28 heavy (non-hydrogen) atoms. The topological polar surface area (TPSA) is 91.3 Å². The maximum atomic E-state index is 12.2. The van der Waals surface area contributed by atoms with E-state index in [4.69, 9.17) is 0 Å². The number of hydrogen-bond donors (Lipinski definition) is 3. The molecular formula is C21H23N3O3S. The maximum absolute atomic E-state index is 12.2. The first-order valence-corrected chi connectivity index (χ1v) is 10.0. The van der Waals surface area contributed by atoms with Crippen LogP contribution in [0.15, 0.2) is 42.5 Å². The summed E-state index contributed by atoms with van der Waals surface area (Å²) in [6, 6.07) is 12.7. The fourth-order valence-corrected chi connectivity index (χ4v) is 3.88. The molecule has 1 atom stereocenters. The van der Waals surface area contributed by atoms with Crippen molar-refractivity contribution in [2.45, 2.75) is 32.7 Å². The molecule has 0 radical (unpaired) electrons. The zero-order valence-electron chi connectivity index (χ0n) is 15.9. The van der Waals surface area contributed by atoms with E-state index in [0.717, 1.165) is 27.2 Å². The first-order valence-electron chi connectivity index (χ1n) is 9.20. The summed E-state index contributed by atoms with van der Waals surface area (Å²) in [5, 5.41) is 15.8. The number of hydrogen-bond acceptors (Lipinski definition) is 5. The van der Waals surface area contributed by atoms with Crippen molar-refractivity contribution in [3.05, 3.63) is 48.0 Å². The van der Waals surface area contributed by atoms with Crippen LogP contribution < -0.4 is 10.6 Å². The summed E-state index contributed by atoms with van der Waals surface area (Å²) in [5.41, 5.74) is 3.78. The van der Waals surface area contributed by atoms with Gasteiger partial charge in [-0.1, -0.05) is 13.0 Å². The van der Waals surface area contributed by atoms with Crippen LogP contribution in [-0.4, -0.2) is 34.6 Å². The number of nitrogens with zero attached hydrogens (tertiary/aromatic N) is 1. The molecule has 0 saturated heterocycles. The van der Waals surface area contributed by atoms with Gasteiger partial charge in [-0.15, -0.1) is 11.3 Å². The molecular weight excluding hydrogens is 374 g/mol. The molecule has 0 aliphatic rings. The number of rotatable bonds is 8. The Bertz CT molecular complexity index is 982. The van der Waals surface area contributed by atoms with Crippen molar-refractivity contribution in [2.24, 2.45) is 0 Å². The molecule has 0 spiro atoms. The number of amides is 1. The van der Waals surface area contributed by atoms with Gasteiger partial charge < -0.3 is 15.7 Å². The van der Waals surface area contributed by atoms with Crippen molar-refractivity contribution in [3.63, 3.8) is 0 Å². The number of carbonyl (C=O) groups excluding carboxylic acids is 1. The van der Waals surface area contributed by atoms with Gasteiger partial charge in [-0.3, -0.25) is 9.59 Å². The smallest absolute Gasteiger partial charge is 0.321 e. The van der Waals surface area contributed by atoms with Crippen LogP contribution in [-0.2, 0) is 9.59 Å². The third-order valence-electron chi connectivity index (χ3n) is 4.29. The van der Waals surface area contributed by atoms with Crippen LogP contribution >= 0.6 is 11.3 Å². The Morgan fingerprint density at radius 1 is 1.18 bits per heavy atom. The number of fused-ring (bicyclic) bond motifs is 1. The van der Waals surface area contributed by atoms with Gasteiger partial charge in [0.05, 0.1) is 16.6 Å². The van der Waals surface area contributed by atoms with Crippen LogP contribution in [0.1, 0.15) is 25.3 Å². The third-order valence-corrected chi connectivity index (χ3v) is 5.36. The van der Waals surface area contributed by atoms with Crippen molar-refractivity contribution in [3.8, 4) is 10.6 Å². The lowest BCUT2D eigenvalue weighted by Crippen LogP contribution is -2.40. The number of nitrogens with one attached hydrogen (secondary N) is 2. The number of carboxylic acid groups (broad SMARTS) is 1. The normalized spacial score (nSPS) is 12.1. The Kier molecular flexibility index (Phi) is 6.38. The average Bonchev–Trinajstić information content (AvgIpc) is 3.08. The molecule has 2 aromatic carbocycles. The highest BCUT2D eigenvalue weighted by molar-refractivity contribution is 7.21. The van der Waals surface area contributed by atoms with E-state index in [9.17, 15) is 14.7 Å². The van der Waals surface area contributed by atoms with Gasteiger partial charge >= 0.3 is 5.97 Å². The van der Waals surface area contributed by atoms with Gasteiger partial charge in [-0.05, 0) is 61.9 Å². The van der Waals surface area contributed by atoms with E-state index in [2.05, 4.69) is 28.6 Å². The quantitative estimate of drug-likeness (QED) is 0.533. The van der Waals surface area contributed by atoms with E-state index in [0.29, 0.717) is 12.2 Å². The molecule has 3 aromatic rings. The highest BCUT2D eigenvalue weighted by Crippen LogP contribution is 2.31. The van der Waals surface area contributed by atoms with Gasteiger partial charge in [-0.2, -0.15) is 0 Å². The van der Waals surface area contributed by atoms with Gasteiger partial charge in [0.2, 0.25) is 5.91 Å². The van der Waals surface area contributed by atoms with E-state index >= 15 is 0 Å². The van der Waals surface area contributed by atoms with Crippen molar-refractivity contribution < 1.29 is 14.7 Å². The van der Waals surface area contributed by atoms with Gasteiger partial charge in [0.1, 0.15) is 11.0 Å². The Morgan fingerprint density at radius 2 is 1.93 bits per heavy atom. The van der Waals surface area contributed by atoms with Crippen molar-refractivity contribution >= 4 is 39.1 Å². The Morgan fingerprint density at radius 3 is 2.61 bits per heavy atom. The molecule has 1 unspecified atom stereocenters. The Balaban J connectivity index is 1.66. The molecule has 3 rings (SSSR count). The van der Waals surface area contributed by atoms with E-state index < -0.39 is 12.0 Å². The first-order chi connectivity index (χ1) is 13.5. The molecule has 0 aliphatic carbocycles. The first kappa shape index (κ1) is 20.0. The molecule has 0 bridgehead atoms. The van der Waals surface area contributed by atoms with Crippen molar-refractivity contribution in [1.29, 1.82) is 0 Å². The van der Waals surface area contributed by atoms with E-state index in [1.54, 1.807) is 23.5 Å². The number of anilines is 1. The molecule has 146 valence electrons. The second-order valence-electron chi connectivity index (χ2n) is 6.66. The van der Waals surface area contributed by atoms with Crippen molar-refractivity contribution in [2.75, 3.05) is 11.9 Å². The van der Waals surface area contributed by atoms with E-state index in [-0.39, 0.29) is 12.3 Å². The fraction of sp³-hybridized carbons (Fsp3) is 0.286. The highest BCUT2D eigenvalue weighted by Gasteiger charge is 2.20. The van der Waals surface area contributed by atoms with Crippen molar-refractivity contribution in [1.82, 2.24) is 10.3 Å². The van der Waals surface area contributed by atoms with Crippen LogP contribution in [0.3, 0.4) is 0 Å². The monoisotopic (exact) mass is 397 g/mol. The predicted molar refractivity (Wildman–Crippen MR) is 113 cm³/mol. The SMILES string of the molecule is CCCNC(CC(=O)Nc1ccc(-c2nc3ccc(C)cc3s2)cc1)C(=O)O. The summed E-state index contributed by atoms with van der Waals surface area (Å²) < 4.78 is 1.15. The number of carboxylic acids is 1. The second-order valence-corrected chi connectivity index (χ2v) is 7.70. The highest BCUT2D eigenvalue weighted by atomic mass is 32.1. The van der Waals surface area contributed by atoms with Crippen LogP contribution in [0.2, 0.25) is 0 Å². The lowest BCUT2D eigenvalue weighted by atomic mass is 10.1. The number of aryl methyl sites for hydroxylation is 1. The van der Waals surface area contributed by atoms with Gasteiger partial charge in [0.25, 0.3) is 0 Å². The minimum absolute atomic E-state index is 0.117. The zero-order valence-corrected chi connectivity index (χ0v) is 16.7. The molecule has 0 saturated carbocycles. The number of carbonyl (C=O) groups is 2. The molecule has 6 nitrogen and oxygen atoms in total. The summed E-state index contributed by atoms with van der Waals surface area (Å²) in [7, 11) is 0. The number of aromatic nitrogens is 1. The summed E-state index contributed by atoms with van der Waals surface area (Å²) in [5.74, 6) is -1.36. The van der Waals surface area contributed by atoms with Crippen LogP contribution in [0.4, 0.5) is 5.69 Å². The maximum Gasteiger partial charge on any atom is 0.321 e. The lowest BCUT2D eigenvalue weighted by Gasteiger charge is -2.13.